The van der Waals surface area contributed by atoms with Crippen molar-refractivity contribution in [1.82, 2.24) is 0 Å². The van der Waals surface area contributed by atoms with Gasteiger partial charge in [0.25, 0.3) is 0 Å². The van der Waals surface area contributed by atoms with Gasteiger partial charge in [-0.05, 0) is 25.5 Å². The Morgan fingerprint density at radius 3 is 3.00 bits per heavy atom. The van der Waals surface area contributed by atoms with E-state index in [1.54, 1.807) is 18.7 Å². The molecule has 3 nitrogen and oxygen atoms in total. The molecule has 14 heavy (non-hydrogen) atoms. The highest BCUT2D eigenvalue weighted by atomic mass is 32.2. The topological polar surface area (TPSA) is 52.3 Å². The Hall–Kier alpha value is -0.480. The van der Waals surface area contributed by atoms with Gasteiger partial charge in [-0.15, -0.1) is 6.58 Å². The molecule has 4 heteroatoms. The van der Waals surface area contributed by atoms with Crippen molar-refractivity contribution in [3.63, 3.8) is 0 Å². The van der Waals surface area contributed by atoms with Gasteiger partial charge in [0.05, 0.1) is 6.61 Å². The van der Waals surface area contributed by atoms with E-state index >= 15 is 0 Å². The summed E-state index contributed by atoms with van der Waals surface area (Å²) in [4.78, 5) is 11.1. The van der Waals surface area contributed by atoms with Crippen LogP contribution in [0.2, 0.25) is 0 Å². The Morgan fingerprint density at radius 1 is 1.71 bits per heavy atom. The molecule has 0 aromatic carbocycles. The third-order valence-corrected chi connectivity index (χ3v) is 2.76. The van der Waals surface area contributed by atoms with Crippen LogP contribution in [-0.4, -0.2) is 30.1 Å². The first-order valence-electron chi connectivity index (χ1n) is 4.83. The lowest BCUT2D eigenvalue weighted by Crippen LogP contribution is -2.34. The average molecular weight is 217 g/mol. The number of thioether (sulfide) groups is 1. The maximum Gasteiger partial charge on any atom is 0.323 e. The summed E-state index contributed by atoms with van der Waals surface area (Å²) in [5.74, 6) is 1.35. The number of esters is 1. The summed E-state index contributed by atoms with van der Waals surface area (Å²) >= 11 is 1.68. The van der Waals surface area contributed by atoms with Crippen molar-refractivity contribution >= 4 is 17.7 Å². The molecule has 82 valence electrons. The highest BCUT2D eigenvalue weighted by Gasteiger charge is 2.13. The number of carbonyl (C=O) groups excluding carboxylic acids is 1. The zero-order valence-electron chi connectivity index (χ0n) is 8.70. The van der Waals surface area contributed by atoms with Crippen molar-refractivity contribution in [3.8, 4) is 0 Å². The summed E-state index contributed by atoms with van der Waals surface area (Å²) in [6.45, 7) is 5.81. The highest BCUT2D eigenvalue weighted by molar-refractivity contribution is 7.99. The van der Waals surface area contributed by atoms with E-state index < -0.39 is 6.04 Å². The van der Waals surface area contributed by atoms with Crippen molar-refractivity contribution in [2.24, 2.45) is 5.73 Å². The van der Waals surface area contributed by atoms with Crippen LogP contribution in [0.15, 0.2) is 12.7 Å². The van der Waals surface area contributed by atoms with Crippen LogP contribution in [0, 0.1) is 0 Å². The minimum absolute atomic E-state index is 0.302. The quantitative estimate of drug-likeness (QED) is 0.381. The second-order valence-corrected chi connectivity index (χ2v) is 4.01. The lowest BCUT2D eigenvalue weighted by atomic mass is 10.3. The second-order valence-electron chi connectivity index (χ2n) is 2.86. The number of hydrogen-bond donors (Lipinski definition) is 1. The number of rotatable bonds is 8. The first-order chi connectivity index (χ1) is 6.72. The van der Waals surface area contributed by atoms with Crippen molar-refractivity contribution in [2.45, 2.75) is 25.8 Å². The van der Waals surface area contributed by atoms with E-state index in [9.17, 15) is 4.79 Å². The van der Waals surface area contributed by atoms with Crippen LogP contribution in [0.3, 0.4) is 0 Å². The van der Waals surface area contributed by atoms with Crippen LogP contribution in [0.4, 0.5) is 0 Å². The second kappa shape index (κ2) is 9.09. The van der Waals surface area contributed by atoms with Gasteiger partial charge in [-0.2, -0.15) is 11.8 Å². The van der Waals surface area contributed by atoms with Crippen LogP contribution < -0.4 is 5.73 Å². The Kier molecular flexibility index (Phi) is 8.78. The smallest absolute Gasteiger partial charge is 0.323 e. The van der Waals surface area contributed by atoms with Crippen LogP contribution in [0.25, 0.3) is 0 Å². The minimum atomic E-state index is -0.483. The molecule has 0 heterocycles. The van der Waals surface area contributed by atoms with Gasteiger partial charge in [0.2, 0.25) is 0 Å². The van der Waals surface area contributed by atoms with Crippen molar-refractivity contribution in [1.29, 1.82) is 0 Å². The number of nitrogens with two attached hydrogens (primary N) is 1. The molecule has 2 N–H and O–H groups in total. The summed E-state index contributed by atoms with van der Waals surface area (Å²) in [7, 11) is 0. The van der Waals surface area contributed by atoms with Gasteiger partial charge in [-0.3, -0.25) is 4.79 Å². The molecule has 0 aliphatic rings. The molecule has 0 saturated heterocycles. The van der Waals surface area contributed by atoms with E-state index in [0.717, 1.165) is 18.6 Å². The predicted molar refractivity (Wildman–Crippen MR) is 61.4 cm³/mol. The molecule has 0 radical (unpaired) electrons. The molecule has 0 saturated carbocycles. The minimum Gasteiger partial charge on any atom is -0.465 e. The highest BCUT2D eigenvalue weighted by Crippen LogP contribution is 2.06. The Morgan fingerprint density at radius 2 is 2.43 bits per heavy atom. The van der Waals surface area contributed by atoms with E-state index in [0.29, 0.717) is 12.4 Å². The van der Waals surface area contributed by atoms with Gasteiger partial charge >= 0.3 is 5.97 Å². The molecule has 0 bridgehead atoms. The van der Waals surface area contributed by atoms with Gasteiger partial charge in [0.1, 0.15) is 6.04 Å². The molecule has 0 aliphatic carbocycles. The van der Waals surface area contributed by atoms with E-state index in [4.69, 9.17) is 10.5 Å². The third kappa shape index (κ3) is 6.97. The van der Waals surface area contributed by atoms with E-state index in [1.165, 1.54) is 0 Å². The molecule has 0 aliphatic heterocycles. The summed E-state index contributed by atoms with van der Waals surface area (Å²) in [6, 6.07) is -0.483. The van der Waals surface area contributed by atoms with Crippen LogP contribution in [-0.2, 0) is 9.53 Å². The molecule has 0 aromatic rings. The van der Waals surface area contributed by atoms with Gasteiger partial charge in [0.15, 0.2) is 0 Å². The van der Waals surface area contributed by atoms with Gasteiger partial charge < -0.3 is 10.5 Å². The Labute approximate surface area is 90.1 Å². The normalized spacial score (nSPS) is 12.1. The fourth-order valence-corrected chi connectivity index (χ4v) is 1.78. The number of carbonyl (C=O) groups is 1. The largest absolute Gasteiger partial charge is 0.465 e. The zero-order valence-corrected chi connectivity index (χ0v) is 9.52. The molecule has 0 rings (SSSR count). The van der Waals surface area contributed by atoms with Crippen LogP contribution >= 0.6 is 11.8 Å². The lowest BCUT2D eigenvalue weighted by Gasteiger charge is -2.09. The fourth-order valence-electron chi connectivity index (χ4n) is 0.857. The number of allylic oxidation sites excluding steroid dienone is 1. The number of hydrogen-bond acceptors (Lipinski definition) is 4. The Balaban J connectivity index is 3.38. The summed E-state index contributed by atoms with van der Waals surface area (Å²) in [6.07, 6.45) is 4.00. The maximum atomic E-state index is 11.1. The van der Waals surface area contributed by atoms with E-state index in [-0.39, 0.29) is 5.97 Å². The fraction of sp³-hybridized carbons (Fsp3) is 0.700. The first kappa shape index (κ1) is 13.5. The summed E-state index contributed by atoms with van der Waals surface area (Å²) < 4.78 is 4.79. The van der Waals surface area contributed by atoms with Crippen molar-refractivity contribution in [3.05, 3.63) is 12.7 Å². The Bertz CT molecular complexity index is 174. The van der Waals surface area contributed by atoms with E-state index in [1.807, 2.05) is 6.08 Å². The molecule has 1 unspecified atom stereocenters. The average Bonchev–Trinajstić information content (AvgIpc) is 2.17. The first-order valence-corrected chi connectivity index (χ1v) is 5.98. The number of ether oxygens (including phenoxy) is 1. The van der Waals surface area contributed by atoms with Crippen LogP contribution in [0.1, 0.15) is 19.8 Å². The monoisotopic (exact) mass is 217 g/mol. The van der Waals surface area contributed by atoms with Crippen molar-refractivity contribution < 1.29 is 9.53 Å². The van der Waals surface area contributed by atoms with Crippen LogP contribution in [0.5, 0.6) is 0 Å². The third-order valence-electron chi connectivity index (χ3n) is 1.58. The van der Waals surface area contributed by atoms with Gasteiger partial charge in [-0.25, -0.2) is 0 Å². The molecule has 1 atom stereocenters. The summed E-state index contributed by atoms with van der Waals surface area (Å²) in [5, 5.41) is 0. The molecule has 0 fully saturated rings. The van der Waals surface area contributed by atoms with Gasteiger partial charge in [0, 0.05) is 5.75 Å². The molecule has 0 aromatic heterocycles. The van der Waals surface area contributed by atoms with Crippen molar-refractivity contribution in [2.75, 3.05) is 18.1 Å². The maximum absolute atomic E-state index is 11.1. The zero-order chi connectivity index (χ0) is 10.8. The number of unbranched alkanes of at least 4 members (excludes halogenated alkanes) is 1. The standard InChI is InChI=1S/C10H19NO2S/c1-3-5-6-7-14-8-9(11)10(12)13-4-2/h3,9H,1,4-8,11H2,2H3. The van der Waals surface area contributed by atoms with E-state index in [2.05, 4.69) is 6.58 Å². The lowest BCUT2D eigenvalue weighted by molar-refractivity contribution is -0.144. The molecular formula is C10H19NO2S. The molecule has 0 spiro atoms. The predicted octanol–water partition coefficient (Wildman–Crippen LogP) is 1.58. The summed E-state index contributed by atoms with van der Waals surface area (Å²) in [5.41, 5.74) is 5.60. The van der Waals surface area contributed by atoms with Gasteiger partial charge in [-0.1, -0.05) is 6.08 Å². The molecule has 0 amide bonds. The SMILES string of the molecule is C=CCCCSCC(N)C(=O)OCC. The molecular weight excluding hydrogens is 198 g/mol.